The summed E-state index contributed by atoms with van der Waals surface area (Å²) in [6.07, 6.45) is 1.06. The molecule has 0 amide bonds. The number of hydrogen-bond donors (Lipinski definition) is 1. The molecule has 4 nitrogen and oxygen atoms in total. The molecule has 0 aromatic heterocycles. The van der Waals surface area contributed by atoms with Crippen molar-refractivity contribution in [2.75, 3.05) is 26.1 Å². The molecule has 0 aliphatic heterocycles. The predicted molar refractivity (Wildman–Crippen MR) is 80.6 cm³/mol. The fourth-order valence-electron chi connectivity index (χ4n) is 2.09. The van der Waals surface area contributed by atoms with E-state index in [0.29, 0.717) is 11.3 Å². The Kier molecular flexibility index (Phi) is 4.45. The van der Waals surface area contributed by atoms with Crippen LogP contribution in [0.2, 0.25) is 0 Å². The van der Waals surface area contributed by atoms with Gasteiger partial charge in [0.25, 0.3) is 0 Å². The van der Waals surface area contributed by atoms with E-state index >= 15 is 0 Å². The van der Waals surface area contributed by atoms with Crippen LogP contribution in [0.15, 0.2) is 30.3 Å². The second kappa shape index (κ2) is 6.28. The van der Waals surface area contributed by atoms with E-state index in [4.69, 9.17) is 9.47 Å². The first-order valence-electron chi connectivity index (χ1n) is 6.63. The number of anilines is 1. The van der Waals surface area contributed by atoms with Crippen LogP contribution in [0.4, 0.5) is 5.69 Å². The molecule has 0 bridgehead atoms. The van der Waals surface area contributed by atoms with Gasteiger partial charge in [-0.2, -0.15) is 0 Å². The third-order valence-electron chi connectivity index (χ3n) is 3.14. The lowest BCUT2D eigenvalue weighted by atomic mass is 10.0. The number of methoxy groups -OCH3 is 2. The van der Waals surface area contributed by atoms with E-state index in [2.05, 4.69) is 12.2 Å². The molecule has 2 rings (SSSR count). The molecule has 0 unspecified atom stereocenters. The summed E-state index contributed by atoms with van der Waals surface area (Å²) in [4.78, 5) is 11.8. The minimum atomic E-state index is -0.393. The lowest BCUT2D eigenvalue weighted by Crippen LogP contribution is -2.04. The summed E-state index contributed by atoms with van der Waals surface area (Å²) in [5.74, 6) is 0.134. The van der Waals surface area contributed by atoms with Gasteiger partial charge in [-0.1, -0.05) is 13.0 Å². The van der Waals surface area contributed by atoms with Gasteiger partial charge in [0.2, 0.25) is 0 Å². The molecule has 0 radical (unpaired) electrons. The fraction of sp³-hybridized carbons (Fsp3) is 0.312. The van der Waals surface area contributed by atoms with Crippen LogP contribution in [0, 0.1) is 0 Å². The molecular weight excluding hydrogens is 254 g/mol. The average Bonchev–Trinajstić information content (AvgIpc) is 2.50. The topological polar surface area (TPSA) is 47.6 Å². The SMILES string of the molecule is CCCNc1ccc2cc(OC)c(C(=O)OC)cc2c1. The Balaban J connectivity index is 2.49. The standard InChI is InChI=1S/C16H19NO3/c1-4-7-17-13-6-5-11-10-15(19-2)14(16(18)20-3)9-12(11)8-13/h5-6,8-10,17H,4,7H2,1-3H3. The highest BCUT2D eigenvalue weighted by Gasteiger charge is 2.14. The summed E-state index contributed by atoms with van der Waals surface area (Å²) in [5.41, 5.74) is 1.48. The maximum Gasteiger partial charge on any atom is 0.341 e. The summed E-state index contributed by atoms with van der Waals surface area (Å²) < 4.78 is 10.0. The molecule has 106 valence electrons. The Labute approximate surface area is 118 Å². The maximum absolute atomic E-state index is 11.8. The molecule has 0 fully saturated rings. The van der Waals surface area contributed by atoms with E-state index in [9.17, 15) is 4.79 Å². The van der Waals surface area contributed by atoms with Crippen LogP contribution in [0.25, 0.3) is 10.8 Å². The quantitative estimate of drug-likeness (QED) is 0.847. The first kappa shape index (κ1) is 14.2. The van der Waals surface area contributed by atoms with Crippen molar-refractivity contribution in [2.24, 2.45) is 0 Å². The van der Waals surface area contributed by atoms with Gasteiger partial charge in [0, 0.05) is 12.2 Å². The molecule has 0 aliphatic rings. The maximum atomic E-state index is 11.8. The van der Waals surface area contributed by atoms with E-state index in [1.807, 2.05) is 24.3 Å². The van der Waals surface area contributed by atoms with Gasteiger partial charge >= 0.3 is 5.97 Å². The van der Waals surface area contributed by atoms with Gasteiger partial charge in [-0.15, -0.1) is 0 Å². The molecule has 0 saturated carbocycles. The minimum absolute atomic E-state index is 0.393. The molecule has 0 heterocycles. The molecule has 20 heavy (non-hydrogen) atoms. The van der Waals surface area contributed by atoms with Crippen LogP contribution in [-0.4, -0.2) is 26.7 Å². The van der Waals surface area contributed by atoms with E-state index < -0.39 is 5.97 Å². The molecular formula is C16H19NO3. The first-order chi connectivity index (χ1) is 9.69. The number of fused-ring (bicyclic) bond motifs is 1. The van der Waals surface area contributed by atoms with E-state index in [1.165, 1.54) is 7.11 Å². The first-order valence-corrected chi connectivity index (χ1v) is 6.63. The Morgan fingerprint density at radius 2 is 1.95 bits per heavy atom. The van der Waals surface area contributed by atoms with Gasteiger partial charge in [-0.3, -0.25) is 0 Å². The average molecular weight is 273 g/mol. The van der Waals surface area contributed by atoms with Gasteiger partial charge in [0.1, 0.15) is 11.3 Å². The highest BCUT2D eigenvalue weighted by molar-refractivity contribution is 5.99. The second-order valence-corrected chi connectivity index (χ2v) is 4.53. The third kappa shape index (κ3) is 2.85. The summed E-state index contributed by atoms with van der Waals surface area (Å²) in [6, 6.07) is 9.71. The van der Waals surface area contributed by atoms with Crippen molar-refractivity contribution in [3.8, 4) is 5.75 Å². The van der Waals surface area contributed by atoms with Crippen molar-refractivity contribution in [3.63, 3.8) is 0 Å². The van der Waals surface area contributed by atoms with E-state index in [1.54, 1.807) is 13.2 Å². The number of esters is 1. The molecule has 0 aliphatic carbocycles. The van der Waals surface area contributed by atoms with Crippen molar-refractivity contribution in [1.82, 2.24) is 0 Å². The number of ether oxygens (including phenoxy) is 2. The van der Waals surface area contributed by atoms with Crippen LogP contribution in [0.1, 0.15) is 23.7 Å². The molecule has 0 spiro atoms. The number of carbonyl (C=O) groups is 1. The van der Waals surface area contributed by atoms with Gasteiger partial charge in [0.15, 0.2) is 0 Å². The van der Waals surface area contributed by atoms with Crippen molar-refractivity contribution in [1.29, 1.82) is 0 Å². The fourth-order valence-corrected chi connectivity index (χ4v) is 2.09. The summed E-state index contributed by atoms with van der Waals surface area (Å²) >= 11 is 0. The molecule has 2 aromatic rings. The number of hydrogen-bond acceptors (Lipinski definition) is 4. The predicted octanol–water partition coefficient (Wildman–Crippen LogP) is 3.46. The Hall–Kier alpha value is -2.23. The largest absolute Gasteiger partial charge is 0.496 e. The van der Waals surface area contributed by atoms with Gasteiger partial charge < -0.3 is 14.8 Å². The highest BCUT2D eigenvalue weighted by Crippen LogP contribution is 2.28. The zero-order valence-corrected chi connectivity index (χ0v) is 12.0. The van der Waals surface area contributed by atoms with Crippen molar-refractivity contribution in [2.45, 2.75) is 13.3 Å². The lowest BCUT2D eigenvalue weighted by Gasteiger charge is -2.10. The zero-order chi connectivity index (χ0) is 14.5. The number of carbonyl (C=O) groups excluding carboxylic acids is 1. The third-order valence-corrected chi connectivity index (χ3v) is 3.14. The zero-order valence-electron chi connectivity index (χ0n) is 12.0. The monoisotopic (exact) mass is 273 g/mol. The highest BCUT2D eigenvalue weighted by atomic mass is 16.5. The molecule has 4 heteroatoms. The van der Waals surface area contributed by atoms with Gasteiger partial charge in [-0.25, -0.2) is 4.79 Å². The van der Waals surface area contributed by atoms with Crippen molar-refractivity contribution >= 4 is 22.4 Å². The number of benzene rings is 2. The normalized spacial score (nSPS) is 10.3. The van der Waals surface area contributed by atoms with Crippen LogP contribution in [0.3, 0.4) is 0 Å². The summed E-state index contributed by atoms with van der Waals surface area (Å²) in [6.45, 7) is 3.04. The summed E-state index contributed by atoms with van der Waals surface area (Å²) in [7, 11) is 2.91. The van der Waals surface area contributed by atoms with E-state index in [0.717, 1.165) is 29.4 Å². The number of nitrogens with one attached hydrogen (secondary N) is 1. The molecule has 2 aromatic carbocycles. The molecule has 0 atom stereocenters. The van der Waals surface area contributed by atoms with Crippen molar-refractivity contribution < 1.29 is 14.3 Å². The van der Waals surface area contributed by atoms with Crippen LogP contribution >= 0.6 is 0 Å². The number of rotatable bonds is 5. The smallest absolute Gasteiger partial charge is 0.341 e. The van der Waals surface area contributed by atoms with Crippen LogP contribution in [0.5, 0.6) is 5.75 Å². The van der Waals surface area contributed by atoms with Crippen LogP contribution < -0.4 is 10.1 Å². The lowest BCUT2D eigenvalue weighted by molar-refractivity contribution is 0.0597. The van der Waals surface area contributed by atoms with Crippen molar-refractivity contribution in [3.05, 3.63) is 35.9 Å². The van der Waals surface area contributed by atoms with Gasteiger partial charge in [0.05, 0.1) is 14.2 Å². The Morgan fingerprint density at radius 3 is 2.60 bits per heavy atom. The Bertz CT molecular complexity index is 622. The summed E-state index contributed by atoms with van der Waals surface area (Å²) in [5, 5.41) is 5.33. The molecule has 0 saturated heterocycles. The minimum Gasteiger partial charge on any atom is -0.496 e. The van der Waals surface area contributed by atoms with E-state index in [-0.39, 0.29) is 0 Å². The second-order valence-electron chi connectivity index (χ2n) is 4.53. The molecule has 1 N–H and O–H groups in total. The Morgan fingerprint density at radius 1 is 1.15 bits per heavy atom. The van der Waals surface area contributed by atoms with Crippen LogP contribution in [-0.2, 0) is 4.74 Å². The van der Waals surface area contributed by atoms with Gasteiger partial charge in [-0.05, 0) is 41.5 Å².